The third-order valence-corrected chi connectivity index (χ3v) is 5.46. The number of benzene rings is 1. The minimum atomic E-state index is -0.294. The van der Waals surface area contributed by atoms with Crippen LogP contribution in [0.3, 0.4) is 0 Å². The number of aromatic nitrogens is 2. The van der Waals surface area contributed by atoms with Gasteiger partial charge in [0.25, 0.3) is 5.56 Å². The van der Waals surface area contributed by atoms with E-state index in [-0.39, 0.29) is 11.4 Å². The number of nitrogens with zero attached hydrogens (tertiary/aromatic N) is 2. The van der Waals surface area contributed by atoms with E-state index in [0.29, 0.717) is 28.6 Å². The fraction of sp³-hybridized carbons (Fsp3) is 0.294. The van der Waals surface area contributed by atoms with Crippen LogP contribution in [0.15, 0.2) is 39.6 Å². The largest absolute Gasteiger partial charge is 0.381 e. The maximum Gasteiger partial charge on any atom is 0.263 e. The van der Waals surface area contributed by atoms with Crippen LogP contribution in [0.25, 0.3) is 21.3 Å². The molecule has 0 bridgehead atoms. The van der Waals surface area contributed by atoms with Crippen molar-refractivity contribution in [3.8, 4) is 11.1 Å². The molecule has 3 aromatic rings. The lowest BCUT2D eigenvalue weighted by atomic mass is 10.1. The molecule has 3 rings (SSSR count). The Morgan fingerprint density at radius 2 is 2.08 bits per heavy atom. The average Bonchev–Trinajstić information content (AvgIpc) is 3.00. The van der Waals surface area contributed by atoms with Gasteiger partial charge in [-0.25, -0.2) is 9.37 Å². The van der Waals surface area contributed by atoms with Gasteiger partial charge in [0.15, 0.2) is 5.16 Å². The monoisotopic (exact) mass is 364 g/mol. The zero-order chi connectivity index (χ0) is 17.1. The Labute approximate surface area is 147 Å². The Bertz CT molecular complexity index is 903. The van der Waals surface area contributed by atoms with Crippen LogP contribution in [0.2, 0.25) is 0 Å². The average molecular weight is 364 g/mol. The van der Waals surface area contributed by atoms with Crippen LogP contribution >= 0.6 is 23.1 Å². The van der Waals surface area contributed by atoms with E-state index in [0.717, 1.165) is 16.9 Å². The quantitative estimate of drug-likeness (QED) is 0.378. The van der Waals surface area contributed by atoms with Crippen molar-refractivity contribution in [3.63, 3.8) is 0 Å². The van der Waals surface area contributed by atoms with Crippen molar-refractivity contribution in [2.45, 2.75) is 12.1 Å². The molecule has 0 radical (unpaired) electrons. The van der Waals surface area contributed by atoms with Crippen molar-refractivity contribution in [2.24, 2.45) is 7.05 Å². The molecule has 0 saturated carbocycles. The Balaban J connectivity index is 1.99. The number of halogens is 1. The third-order valence-electron chi connectivity index (χ3n) is 3.59. The SMILES string of the molecule is CCOCCSc1nc2scc(-c3ccc(F)cc3)c2c(=O)n1C. The van der Waals surface area contributed by atoms with Crippen LogP contribution in [-0.4, -0.2) is 28.5 Å². The van der Waals surface area contributed by atoms with Gasteiger partial charge < -0.3 is 4.74 Å². The third kappa shape index (κ3) is 3.38. The van der Waals surface area contributed by atoms with Gasteiger partial charge in [-0.1, -0.05) is 23.9 Å². The van der Waals surface area contributed by atoms with Gasteiger partial charge in [-0.15, -0.1) is 11.3 Å². The molecule has 0 unspecified atom stereocenters. The topological polar surface area (TPSA) is 44.1 Å². The number of thioether (sulfide) groups is 1. The number of hydrogen-bond acceptors (Lipinski definition) is 5. The standard InChI is InChI=1S/C17H17FN2O2S2/c1-3-22-8-9-23-17-19-15-14(16(21)20(17)2)13(10-24-15)11-4-6-12(18)7-5-11/h4-7,10H,3,8-9H2,1-2H3. The van der Waals surface area contributed by atoms with Crippen molar-refractivity contribution < 1.29 is 9.13 Å². The molecule has 0 aliphatic carbocycles. The fourth-order valence-electron chi connectivity index (χ4n) is 2.36. The lowest BCUT2D eigenvalue weighted by Gasteiger charge is -2.08. The normalized spacial score (nSPS) is 11.3. The summed E-state index contributed by atoms with van der Waals surface area (Å²) in [6, 6.07) is 6.16. The van der Waals surface area contributed by atoms with Crippen LogP contribution < -0.4 is 5.56 Å². The van der Waals surface area contributed by atoms with Gasteiger partial charge in [0.05, 0.1) is 12.0 Å². The van der Waals surface area contributed by atoms with Gasteiger partial charge in [0.1, 0.15) is 10.6 Å². The molecule has 2 aromatic heterocycles. The predicted octanol–water partition coefficient (Wildman–Crippen LogP) is 3.93. The first kappa shape index (κ1) is 17.1. The highest BCUT2D eigenvalue weighted by atomic mass is 32.2. The number of fused-ring (bicyclic) bond motifs is 1. The lowest BCUT2D eigenvalue weighted by molar-refractivity contribution is 0.164. The van der Waals surface area contributed by atoms with Gasteiger partial charge in [-0.3, -0.25) is 9.36 Å². The first-order valence-electron chi connectivity index (χ1n) is 7.56. The molecule has 0 fully saturated rings. The fourth-order valence-corrected chi connectivity index (χ4v) is 4.17. The molecule has 0 amide bonds. The highest BCUT2D eigenvalue weighted by molar-refractivity contribution is 7.99. The van der Waals surface area contributed by atoms with E-state index in [4.69, 9.17) is 4.74 Å². The molecule has 126 valence electrons. The highest BCUT2D eigenvalue weighted by Gasteiger charge is 2.15. The molecule has 4 nitrogen and oxygen atoms in total. The Morgan fingerprint density at radius 1 is 1.33 bits per heavy atom. The minimum absolute atomic E-state index is 0.0838. The van der Waals surface area contributed by atoms with E-state index in [1.165, 1.54) is 35.2 Å². The first-order valence-corrected chi connectivity index (χ1v) is 9.43. The molecule has 24 heavy (non-hydrogen) atoms. The number of hydrogen-bond donors (Lipinski definition) is 0. The predicted molar refractivity (Wildman–Crippen MR) is 97.5 cm³/mol. The Morgan fingerprint density at radius 3 is 2.79 bits per heavy atom. The number of thiophene rings is 1. The van der Waals surface area contributed by atoms with Gasteiger partial charge in [-0.2, -0.15) is 0 Å². The van der Waals surface area contributed by atoms with Gasteiger partial charge in [0, 0.05) is 30.4 Å². The Hall–Kier alpha value is -1.70. The van der Waals surface area contributed by atoms with Gasteiger partial charge >= 0.3 is 0 Å². The van der Waals surface area contributed by atoms with Gasteiger partial charge in [0.2, 0.25) is 0 Å². The van der Waals surface area contributed by atoms with Crippen molar-refractivity contribution in [1.29, 1.82) is 0 Å². The molecular formula is C17H17FN2O2S2. The molecule has 0 N–H and O–H groups in total. The first-order chi connectivity index (χ1) is 11.6. The van der Waals surface area contributed by atoms with E-state index in [1.54, 1.807) is 23.7 Å². The van der Waals surface area contributed by atoms with Crippen molar-refractivity contribution >= 4 is 33.3 Å². The van der Waals surface area contributed by atoms with E-state index >= 15 is 0 Å². The molecule has 0 aliphatic rings. The summed E-state index contributed by atoms with van der Waals surface area (Å²) in [7, 11) is 1.73. The summed E-state index contributed by atoms with van der Waals surface area (Å²) in [5, 5.41) is 3.17. The zero-order valence-corrected chi connectivity index (χ0v) is 15.0. The van der Waals surface area contributed by atoms with Crippen LogP contribution in [0.1, 0.15) is 6.92 Å². The molecule has 0 saturated heterocycles. The summed E-state index contributed by atoms with van der Waals surface area (Å²) < 4.78 is 20.0. The highest BCUT2D eigenvalue weighted by Crippen LogP contribution is 2.32. The summed E-state index contributed by atoms with van der Waals surface area (Å²) in [5.41, 5.74) is 1.53. The second-order valence-corrected chi connectivity index (χ2v) is 7.06. The molecule has 0 atom stereocenters. The zero-order valence-electron chi connectivity index (χ0n) is 13.4. The molecule has 0 spiro atoms. The maximum atomic E-state index is 13.1. The molecular weight excluding hydrogens is 347 g/mol. The molecule has 0 aliphatic heterocycles. The van der Waals surface area contributed by atoms with Crippen molar-refractivity contribution in [2.75, 3.05) is 19.0 Å². The van der Waals surface area contributed by atoms with Crippen molar-refractivity contribution in [3.05, 3.63) is 45.8 Å². The van der Waals surface area contributed by atoms with E-state index in [1.807, 2.05) is 12.3 Å². The minimum Gasteiger partial charge on any atom is -0.381 e. The van der Waals surface area contributed by atoms with Crippen LogP contribution in [0, 0.1) is 5.82 Å². The van der Waals surface area contributed by atoms with Crippen LogP contribution in [0.5, 0.6) is 0 Å². The number of ether oxygens (including phenoxy) is 1. The maximum absolute atomic E-state index is 13.1. The second-order valence-electron chi connectivity index (χ2n) is 5.14. The van der Waals surface area contributed by atoms with E-state index in [2.05, 4.69) is 4.98 Å². The summed E-state index contributed by atoms with van der Waals surface area (Å²) in [6.45, 7) is 3.26. The second kappa shape index (κ2) is 7.46. The Kier molecular flexibility index (Phi) is 5.33. The summed E-state index contributed by atoms with van der Waals surface area (Å²) in [6.07, 6.45) is 0. The van der Waals surface area contributed by atoms with Gasteiger partial charge in [-0.05, 0) is 24.6 Å². The lowest BCUT2D eigenvalue weighted by Crippen LogP contribution is -2.20. The van der Waals surface area contributed by atoms with Crippen LogP contribution in [0.4, 0.5) is 4.39 Å². The molecule has 7 heteroatoms. The number of rotatable bonds is 6. The molecule has 2 heterocycles. The summed E-state index contributed by atoms with van der Waals surface area (Å²) in [4.78, 5) is 18.1. The van der Waals surface area contributed by atoms with Crippen molar-refractivity contribution in [1.82, 2.24) is 9.55 Å². The van der Waals surface area contributed by atoms with E-state index in [9.17, 15) is 9.18 Å². The van der Waals surface area contributed by atoms with Crippen LogP contribution in [-0.2, 0) is 11.8 Å². The summed E-state index contributed by atoms with van der Waals surface area (Å²) in [5.74, 6) is 0.452. The summed E-state index contributed by atoms with van der Waals surface area (Å²) >= 11 is 2.94. The molecule has 1 aromatic carbocycles. The van der Waals surface area contributed by atoms with E-state index < -0.39 is 0 Å². The smallest absolute Gasteiger partial charge is 0.263 e.